The maximum absolute atomic E-state index is 13.6. The van der Waals surface area contributed by atoms with Crippen LogP contribution in [0.4, 0.5) is 5.69 Å². The number of amides is 1. The fraction of sp³-hybridized carbons (Fsp3) is 0.231. The number of nitrogens with one attached hydrogen (secondary N) is 1. The van der Waals surface area contributed by atoms with Crippen LogP contribution in [0.1, 0.15) is 48.5 Å². The lowest BCUT2D eigenvalue weighted by atomic mass is 9.95. The number of rotatable bonds is 6. The molecule has 1 aliphatic carbocycles. The lowest BCUT2D eigenvalue weighted by Crippen LogP contribution is -2.30. The van der Waals surface area contributed by atoms with Gasteiger partial charge in [0.15, 0.2) is 0 Å². The van der Waals surface area contributed by atoms with Gasteiger partial charge in [0.25, 0.3) is 27.2 Å². The Morgan fingerprint density at radius 3 is 2.27 bits per heavy atom. The van der Waals surface area contributed by atoms with E-state index in [0.29, 0.717) is 16.6 Å². The predicted octanol–water partition coefficient (Wildman–Crippen LogP) is 4.32. The van der Waals surface area contributed by atoms with Crippen molar-refractivity contribution in [3.63, 3.8) is 0 Å². The molecule has 1 fully saturated rings. The number of hydrogen-bond donors (Lipinski definition) is 1. The van der Waals surface area contributed by atoms with Crippen molar-refractivity contribution in [1.82, 2.24) is 14.1 Å². The lowest BCUT2D eigenvalue weighted by molar-refractivity contribution is -0.384. The Morgan fingerprint density at radius 2 is 1.62 bits per heavy atom. The Morgan fingerprint density at radius 1 is 0.946 bits per heavy atom. The first-order valence-corrected chi connectivity index (χ1v) is 13.4. The first-order valence-electron chi connectivity index (χ1n) is 11.9. The smallest absolute Gasteiger partial charge is 0.274 e. The summed E-state index contributed by atoms with van der Waals surface area (Å²) in [7, 11) is -4.29. The van der Waals surface area contributed by atoms with E-state index in [9.17, 15) is 28.1 Å². The van der Waals surface area contributed by atoms with Crippen molar-refractivity contribution in [1.29, 1.82) is 0 Å². The minimum absolute atomic E-state index is 0.0103. The highest BCUT2D eigenvalue weighted by molar-refractivity contribution is 7.90. The van der Waals surface area contributed by atoms with E-state index in [-0.39, 0.29) is 27.7 Å². The first-order chi connectivity index (χ1) is 17.8. The van der Waals surface area contributed by atoms with Crippen molar-refractivity contribution < 1.29 is 18.1 Å². The van der Waals surface area contributed by atoms with Crippen molar-refractivity contribution >= 4 is 32.5 Å². The summed E-state index contributed by atoms with van der Waals surface area (Å²) in [6, 6.07) is 18.2. The van der Waals surface area contributed by atoms with Crippen LogP contribution in [0.5, 0.6) is 0 Å². The monoisotopic (exact) mass is 520 g/mol. The zero-order chi connectivity index (χ0) is 26.2. The van der Waals surface area contributed by atoms with Crippen LogP contribution >= 0.6 is 0 Å². The number of sulfonamides is 1. The normalized spacial score (nSPS) is 14.5. The molecular weight excluding hydrogens is 496 g/mol. The largest absolute Gasteiger partial charge is 0.279 e. The average Bonchev–Trinajstić information content (AvgIpc) is 3.21. The highest BCUT2D eigenvalue weighted by Crippen LogP contribution is 2.32. The number of carbonyl (C=O) groups is 1. The molecule has 37 heavy (non-hydrogen) atoms. The molecule has 1 N–H and O–H groups in total. The number of fused-ring (bicyclic) bond motifs is 1. The van der Waals surface area contributed by atoms with Gasteiger partial charge in [0.2, 0.25) is 0 Å². The summed E-state index contributed by atoms with van der Waals surface area (Å²) >= 11 is 0. The fourth-order valence-corrected chi connectivity index (χ4v) is 5.83. The van der Waals surface area contributed by atoms with Gasteiger partial charge < -0.3 is 0 Å². The van der Waals surface area contributed by atoms with E-state index in [1.807, 2.05) is 39.7 Å². The van der Waals surface area contributed by atoms with Crippen molar-refractivity contribution in [2.75, 3.05) is 0 Å². The Hall–Kier alpha value is -4.25. The van der Waals surface area contributed by atoms with E-state index in [4.69, 9.17) is 0 Å². The second-order valence-corrected chi connectivity index (χ2v) is 10.7. The Bertz CT molecular complexity index is 1650. The molecule has 5 rings (SSSR count). The van der Waals surface area contributed by atoms with E-state index in [1.54, 1.807) is 10.7 Å². The number of non-ortho nitro benzene ring substituents is 1. The topological polar surface area (TPSA) is 133 Å². The van der Waals surface area contributed by atoms with Gasteiger partial charge in [-0.15, -0.1) is 0 Å². The standard InChI is InChI=1S/C26H24N4O6S/c31-25(27-37(35,36)22-14-12-21(13-15-22)30(33)34)18-11-16-24-23(17-18)26(32)29(20-9-5-2-6-10-20)28(24)19-7-3-1-4-8-19/h2,5-6,9-17,19H,1,3-4,7-8H2,(H,27,31). The molecule has 1 aromatic heterocycles. The quantitative estimate of drug-likeness (QED) is 0.297. The molecule has 190 valence electrons. The molecule has 1 saturated carbocycles. The molecule has 0 spiro atoms. The van der Waals surface area contributed by atoms with Crippen molar-refractivity contribution in [2.45, 2.75) is 43.0 Å². The maximum atomic E-state index is 13.6. The van der Waals surface area contributed by atoms with Crippen LogP contribution in [0.25, 0.3) is 16.6 Å². The molecule has 1 heterocycles. The van der Waals surface area contributed by atoms with Crippen LogP contribution in [0.3, 0.4) is 0 Å². The Balaban J connectivity index is 1.53. The molecule has 0 bridgehead atoms. The minimum atomic E-state index is -4.29. The van der Waals surface area contributed by atoms with Gasteiger partial charge in [-0.1, -0.05) is 37.5 Å². The molecule has 0 radical (unpaired) electrons. The molecule has 0 aliphatic heterocycles. The molecule has 0 unspecified atom stereocenters. The van der Waals surface area contributed by atoms with Crippen molar-refractivity contribution in [2.24, 2.45) is 0 Å². The third-order valence-corrected chi connectivity index (χ3v) is 8.00. The second-order valence-electron chi connectivity index (χ2n) is 9.01. The van der Waals surface area contributed by atoms with Gasteiger partial charge in [-0.25, -0.2) is 17.8 Å². The number of aromatic nitrogens is 2. The van der Waals surface area contributed by atoms with Gasteiger partial charge in [-0.2, -0.15) is 0 Å². The van der Waals surface area contributed by atoms with Crippen LogP contribution in [0.2, 0.25) is 0 Å². The van der Waals surface area contributed by atoms with Gasteiger partial charge in [-0.05, 0) is 55.3 Å². The molecule has 1 aliphatic rings. The highest BCUT2D eigenvalue weighted by Gasteiger charge is 2.25. The first kappa shape index (κ1) is 24.4. The molecule has 4 aromatic rings. The highest BCUT2D eigenvalue weighted by atomic mass is 32.2. The van der Waals surface area contributed by atoms with Gasteiger partial charge in [0.05, 0.1) is 32.5 Å². The summed E-state index contributed by atoms with van der Waals surface area (Å²) in [4.78, 5) is 36.4. The van der Waals surface area contributed by atoms with E-state index >= 15 is 0 Å². The lowest BCUT2D eigenvalue weighted by Gasteiger charge is -2.26. The zero-order valence-electron chi connectivity index (χ0n) is 19.7. The van der Waals surface area contributed by atoms with Gasteiger partial charge in [0.1, 0.15) is 0 Å². The summed E-state index contributed by atoms with van der Waals surface area (Å²) in [6.07, 6.45) is 5.15. The molecule has 0 saturated heterocycles. The van der Waals surface area contributed by atoms with Gasteiger partial charge in [0, 0.05) is 17.7 Å². The van der Waals surface area contributed by atoms with Crippen molar-refractivity contribution in [3.05, 3.63) is 98.8 Å². The average molecular weight is 521 g/mol. The van der Waals surface area contributed by atoms with Crippen LogP contribution in [-0.4, -0.2) is 28.6 Å². The maximum Gasteiger partial charge on any atom is 0.279 e. The third-order valence-electron chi connectivity index (χ3n) is 6.65. The summed E-state index contributed by atoms with van der Waals surface area (Å²) in [5, 5.41) is 11.1. The molecule has 0 atom stereocenters. The summed E-state index contributed by atoms with van der Waals surface area (Å²) in [5.41, 5.74) is 0.834. The SMILES string of the molecule is O=C(NS(=O)(=O)c1ccc([N+](=O)[O-])cc1)c1ccc2c(c1)c(=O)n(-c1ccccc1)n2C1CCCCC1. The molecule has 1 amide bonds. The number of nitro groups is 1. The Labute approximate surface area is 212 Å². The zero-order valence-corrected chi connectivity index (χ0v) is 20.6. The van der Waals surface area contributed by atoms with Crippen LogP contribution in [-0.2, 0) is 10.0 Å². The van der Waals surface area contributed by atoms with Gasteiger partial charge >= 0.3 is 0 Å². The van der Waals surface area contributed by atoms with Crippen LogP contribution < -0.4 is 10.3 Å². The van der Waals surface area contributed by atoms with E-state index < -0.39 is 20.9 Å². The van der Waals surface area contributed by atoms with E-state index in [2.05, 4.69) is 0 Å². The van der Waals surface area contributed by atoms with Crippen LogP contribution in [0.15, 0.2) is 82.5 Å². The number of para-hydroxylation sites is 1. The molecule has 10 nitrogen and oxygen atoms in total. The molecular formula is C26H24N4O6S. The fourth-order valence-electron chi connectivity index (χ4n) is 4.85. The number of nitro benzene ring substituents is 1. The third kappa shape index (κ3) is 4.65. The second kappa shape index (κ2) is 9.66. The molecule has 3 aromatic carbocycles. The predicted molar refractivity (Wildman–Crippen MR) is 137 cm³/mol. The summed E-state index contributed by atoms with van der Waals surface area (Å²) in [5.74, 6) is -0.906. The number of carbonyl (C=O) groups excluding carboxylic acids is 1. The van der Waals surface area contributed by atoms with E-state index in [1.165, 1.54) is 12.1 Å². The van der Waals surface area contributed by atoms with E-state index in [0.717, 1.165) is 56.4 Å². The number of benzene rings is 3. The number of hydrogen-bond acceptors (Lipinski definition) is 6. The molecule has 11 heteroatoms. The minimum Gasteiger partial charge on any atom is -0.274 e. The summed E-state index contributed by atoms with van der Waals surface area (Å²) in [6.45, 7) is 0. The summed E-state index contributed by atoms with van der Waals surface area (Å²) < 4.78 is 31.0. The van der Waals surface area contributed by atoms with Crippen molar-refractivity contribution in [3.8, 4) is 5.69 Å². The Kier molecular flexibility index (Phi) is 6.38. The van der Waals surface area contributed by atoms with Crippen LogP contribution in [0, 0.1) is 10.1 Å². The number of nitrogens with zero attached hydrogens (tertiary/aromatic N) is 3. The van der Waals surface area contributed by atoms with Gasteiger partial charge in [-0.3, -0.25) is 24.4 Å².